The third-order valence-corrected chi connectivity index (χ3v) is 6.64. The lowest BCUT2D eigenvalue weighted by molar-refractivity contribution is -0.197. The molecule has 4 rings (SSSR count). The van der Waals surface area contributed by atoms with E-state index in [2.05, 4.69) is 24.8 Å². The molecule has 4 aromatic rings. The van der Waals surface area contributed by atoms with E-state index in [0.717, 1.165) is 17.5 Å². The van der Waals surface area contributed by atoms with E-state index in [4.69, 9.17) is 9.26 Å². The van der Waals surface area contributed by atoms with E-state index >= 15 is 0 Å². The zero-order valence-electron chi connectivity index (χ0n) is 16.4. The molecule has 0 amide bonds. The van der Waals surface area contributed by atoms with Crippen molar-refractivity contribution in [1.29, 1.82) is 0 Å². The summed E-state index contributed by atoms with van der Waals surface area (Å²) in [6.45, 7) is 2.81. The van der Waals surface area contributed by atoms with Crippen LogP contribution in [0.1, 0.15) is 22.4 Å². The molecule has 168 valence electrons. The number of aromatic nitrogens is 4. The van der Waals surface area contributed by atoms with Crippen molar-refractivity contribution in [3.63, 3.8) is 0 Å². The van der Waals surface area contributed by atoms with Crippen molar-refractivity contribution in [3.8, 4) is 5.88 Å². The minimum absolute atomic E-state index is 0.00375. The van der Waals surface area contributed by atoms with Gasteiger partial charge in [0.25, 0.3) is 15.9 Å². The fraction of sp³-hybridized carbons (Fsp3) is 0.222. The maximum atomic E-state index is 13.7. The van der Waals surface area contributed by atoms with E-state index in [-0.39, 0.29) is 32.3 Å². The number of thiazole rings is 1. The Morgan fingerprint density at radius 2 is 1.84 bits per heavy atom. The van der Waals surface area contributed by atoms with Gasteiger partial charge in [0, 0.05) is 6.20 Å². The first kappa shape index (κ1) is 22.0. The third-order valence-electron chi connectivity index (χ3n) is 4.24. The molecule has 3 aromatic heterocycles. The molecule has 0 saturated heterocycles. The van der Waals surface area contributed by atoms with Gasteiger partial charge in [0.1, 0.15) is 5.69 Å². The lowest BCUT2D eigenvalue weighted by atomic mass is 10.3. The zero-order valence-corrected chi connectivity index (χ0v) is 18.0. The number of benzene rings is 1. The predicted molar refractivity (Wildman–Crippen MR) is 108 cm³/mol. The summed E-state index contributed by atoms with van der Waals surface area (Å²) in [5, 5.41) is 3.60. The molecule has 0 bridgehead atoms. The second kappa shape index (κ2) is 8.02. The Morgan fingerprint density at radius 3 is 2.41 bits per heavy atom. The smallest absolute Gasteiger partial charge is 0.430 e. The number of nitrogens with zero attached hydrogens (tertiary/aromatic N) is 4. The normalized spacial score (nSPS) is 13.3. The highest BCUT2D eigenvalue weighted by Crippen LogP contribution is 2.40. The second-order valence-corrected chi connectivity index (χ2v) is 9.11. The Kier molecular flexibility index (Phi) is 5.50. The van der Waals surface area contributed by atoms with Gasteiger partial charge >= 0.3 is 6.18 Å². The molecule has 0 spiro atoms. The van der Waals surface area contributed by atoms with E-state index in [1.54, 1.807) is 12.1 Å². The minimum atomic E-state index is -4.82. The number of sulfonamides is 1. The van der Waals surface area contributed by atoms with Crippen LogP contribution in [-0.4, -0.2) is 34.7 Å². The quantitative estimate of drug-likeness (QED) is 0.432. The van der Waals surface area contributed by atoms with Gasteiger partial charge < -0.3 is 9.26 Å². The summed E-state index contributed by atoms with van der Waals surface area (Å²) >= 11 is 0.738. The van der Waals surface area contributed by atoms with Gasteiger partial charge in [0.2, 0.25) is 11.9 Å². The highest BCUT2D eigenvalue weighted by molar-refractivity contribution is 7.92. The Bertz CT molecular complexity index is 1350. The van der Waals surface area contributed by atoms with Crippen molar-refractivity contribution in [3.05, 3.63) is 52.3 Å². The lowest BCUT2D eigenvalue weighted by Crippen LogP contribution is -2.26. The number of alkyl halides is 3. The van der Waals surface area contributed by atoms with Gasteiger partial charge in [-0.3, -0.25) is 9.71 Å². The monoisotopic (exact) mass is 485 g/mol. The fourth-order valence-electron chi connectivity index (χ4n) is 2.92. The van der Waals surface area contributed by atoms with Crippen molar-refractivity contribution >= 4 is 38.2 Å². The highest BCUT2D eigenvalue weighted by Gasteiger charge is 2.45. The van der Waals surface area contributed by atoms with Gasteiger partial charge in [-0.2, -0.15) is 13.2 Å². The van der Waals surface area contributed by atoms with Crippen molar-refractivity contribution in [2.75, 3.05) is 4.72 Å². The summed E-state index contributed by atoms with van der Waals surface area (Å²) in [4.78, 5) is 11.4. The summed E-state index contributed by atoms with van der Waals surface area (Å²) in [7, 11) is -4.33. The van der Waals surface area contributed by atoms with Crippen molar-refractivity contribution < 1.29 is 30.8 Å². The maximum absolute atomic E-state index is 13.7. The van der Waals surface area contributed by atoms with Crippen molar-refractivity contribution in [1.82, 2.24) is 20.1 Å². The van der Waals surface area contributed by atoms with Crippen LogP contribution in [-0.2, 0) is 10.0 Å². The molecule has 0 fully saturated rings. The van der Waals surface area contributed by atoms with Crippen LogP contribution >= 0.6 is 11.3 Å². The molecule has 0 saturated carbocycles. The zero-order chi connectivity index (χ0) is 23.1. The molecule has 32 heavy (non-hydrogen) atoms. The molecule has 1 N–H and O–H groups in total. The molecule has 1 aromatic carbocycles. The van der Waals surface area contributed by atoms with Crippen LogP contribution in [0.2, 0.25) is 0 Å². The number of nitrogens with one attached hydrogen (secondary N) is 1. The first-order valence-corrected chi connectivity index (χ1v) is 11.3. The number of hydrogen-bond acceptors (Lipinski definition) is 9. The van der Waals surface area contributed by atoms with E-state index in [1.165, 1.54) is 31.5 Å². The first-order valence-electron chi connectivity index (χ1n) is 8.90. The van der Waals surface area contributed by atoms with Crippen LogP contribution < -0.4 is 9.46 Å². The van der Waals surface area contributed by atoms with Crippen LogP contribution in [0.4, 0.5) is 19.0 Å². The number of fused-ring (bicyclic) bond motifs is 1. The van der Waals surface area contributed by atoms with Crippen LogP contribution in [0.5, 0.6) is 5.88 Å². The summed E-state index contributed by atoms with van der Waals surface area (Å²) in [6.07, 6.45) is -6.23. The van der Waals surface area contributed by atoms with Gasteiger partial charge in [-0.25, -0.2) is 18.4 Å². The summed E-state index contributed by atoms with van der Waals surface area (Å²) in [5.74, 6) is -1.15. The van der Waals surface area contributed by atoms with Crippen LogP contribution in [0.15, 0.2) is 45.4 Å². The number of hydrogen-bond donors (Lipinski definition) is 1. The number of rotatable bonds is 6. The molecule has 0 aliphatic carbocycles. The van der Waals surface area contributed by atoms with Gasteiger partial charge in [0.15, 0.2) is 10.7 Å². The van der Waals surface area contributed by atoms with E-state index in [0.29, 0.717) is 0 Å². The van der Waals surface area contributed by atoms with E-state index in [1.807, 2.05) is 0 Å². The Hall–Kier alpha value is -3.26. The summed E-state index contributed by atoms with van der Waals surface area (Å²) < 4.78 is 79.3. The van der Waals surface area contributed by atoms with Gasteiger partial charge in [0.05, 0.1) is 21.4 Å². The lowest BCUT2D eigenvalue weighted by Gasteiger charge is -2.21. The topological polar surface area (TPSA) is 120 Å². The fourth-order valence-corrected chi connectivity index (χ4v) is 4.92. The van der Waals surface area contributed by atoms with Crippen LogP contribution in [0.3, 0.4) is 0 Å². The summed E-state index contributed by atoms with van der Waals surface area (Å²) in [6, 6.07) is 6.28. The largest absolute Gasteiger partial charge is 0.456 e. The second-order valence-electron chi connectivity index (χ2n) is 6.57. The standard InChI is InChI=1S/C18H14F3N5O4S2/c1-9-14(10(2)30-25-9)32(27,28)26-16-17(24-12-6-4-3-5-11(12)23-16)29-15(18(19,20)21)13-7-22-8-31-13/h3-8,15H,1-2H3,(H,23,26). The average Bonchev–Trinajstić information content (AvgIpc) is 3.35. The van der Waals surface area contributed by atoms with Crippen LogP contribution in [0.25, 0.3) is 11.0 Å². The van der Waals surface area contributed by atoms with Gasteiger partial charge in [-0.1, -0.05) is 17.3 Å². The number of halogens is 3. The molecule has 0 aliphatic rings. The molecule has 14 heteroatoms. The summed E-state index contributed by atoms with van der Waals surface area (Å²) in [5.41, 5.74) is 1.76. The molecule has 0 radical (unpaired) electrons. The number of anilines is 1. The average molecular weight is 485 g/mol. The SMILES string of the molecule is Cc1noc(C)c1S(=O)(=O)Nc1nc2ccccc2nc1OC(c1cncs1)C(F)(F)F. The number of para-hydroxylation sites is 2. The molecule has 0 aliphatic heterocycles. The molecule has 1 unspecified atom stereocenters. The molecular formula is C18H14F3N5O4S2. The highest BCUT2D eigenvalue weighted by atomic mass is 32.2. The third kappa shape index (κ3) is 4.23. The molecule has 1 atom stereocenters. The van der Waals surface area contributed by atoms with Crippen LogP contribution in [0, 0.1) is 13.8 Å². The predicted octanol–water partition coefficient (Wildman–Crippen LogP) is 4.17. The number of ether oxygens (including phenoxy) is 1. The van der Waals surface area contributed by atoms with E-state index in [9.17, 15) is 21.6 Å². The number of aryl methyl sites for hydroxylation is 2. The Morgan fingerprint density at radius 1 is 1.16 bits per heavy atom. The Labute approximate surface area is 183 Å². The van der Waals surface area contributed by atoms with E-state index < -0.39 is 34.0 Å². The van der Waals surface area contributed by atoms with Gasteiger partial charge in [-0.05, 0) is 26.0 Å². The first-order chi connectivity index (χ1) is 15.1. The van der Waals surface area contributed by atoms with Crippen molar-refractivity contribution in [2.24, 2.45) is 0 Å². The minimum Gasteiger partial charge on any atom is -0.456 e. The Balaban J connectivity index is 1.82. The molecule has 3 heterocycles. The molecular weight excluding hydrogens is 471 g/mol. The van der Waals surface area contributed by atoms with Crippen molar-refractivity contribution in [2.45, 2.75) is 31.0 Å². The van der Waals surface area contributed by atoms with Gasteiger partial charge in [-0.15, -0.1) is 11.3 Å². The molecule has 9 nitrogen and oxygen atoms in total. The maximum Gasteiger partial charge on any atom is 0.430 e.